The first-order chi connectivity index (χ1) is 20.9. The lowest BCUT2D eigenvalue weighted by atomic mass is 9.93. The second kappa shape index (κ2) is 12.0. The lowest BCUT2D eigenvalue weighted by Crippen LogP contribution is -2.29. The average molecular weight is 608 g/mol. The van der Waals surface area contributed by atoms with Gasteiger partial charge in [-0.15, -0.1) is 10.2 Å². The van der Waals surface area contributed by atoms with Gasteiger partial charge >= 0.3 is 5.91 Å². The molecule has 1 fully saturated rings. The van der Waals surface area contributed by atoms with Crippen molar-refractivity contribution in [2.45, 2.75) is 36.9 Å². The predicted octanol–water partition coefficient (Wildman–Crippen LogP) is 7.63. The van der Waals surface area contributed by atoms with Crippen LogP contribution in [0.2, 0.25) is 0 Å². The number of benzene rings is 4. The highest BCUT2D eigenvalue weighted by atomic mass is 32.2. The number of anilines is 1. The summed E-state index contributed by atoms with van der Waals surface area (Å²) >= 11 is 2.78. The third kappa shape index (κ3) is 5.53. The maximum absolute atomic E-state index is 13.6. The smallest absolute Gasteiger partial charge is 0.301 e. The van der Waals surface area contributed by atoms with E-state index in [0.29, 0.717) is 38.7 Å². The molecule has 1 aliphatic heterocycles. The van der Waals surface area contributed by atoms with Crippen molar-refractivity contribution >= 4 is 56.5 Å². The van der Waals surface area contributed by atoms with Gasteiger partial charge in [0.2, 0.25) is 5.13 Å². The molecule has 1 N–H and O–H groups in total. The van der Waals surface area contributed by atoms with Gasteiger partial charge in [0.15, 0.2) is 4.34 Å². The fourth-order valence-electron chi connectivity index (χ4n) is 5.31. The van der Waals surface area contributed by atoms with Gasteiger partial charge in [0, 0.05) is 11.3 Å². The topological polar surface area (TPSA) is 92.6 Å². The molecule has 0 aliphatic carbocycles. The molecular weight excluding hydrogens is 579 g/mol. The summed E-state index contributed by atoms with van der Waals surface area (Å²) in [6.45, 7) is 6.19. The molecule has 1 amide bonds. The highest BCUT2D eigenvalue weighted by Gasteiger charge is 2.48. The number of rotatable bonds is 8. The minimum atomic E-state index is -0.889. The molecule has 0 spiro atoms. The van der Waals surface area contributed by atoms with Crippen molar-refractivity contribution in [1.29, 1.82) is 0 Å². The number of aliphatic hydroxyl groups is 1. The van der Waals surface area contributed by atoms with E-state index in [4.69, 9.17) is 4.74 Å². The van der Waals surface area contributed by atoms with Crippen molar-refractivity contribution in [2.24, 2.45) is 0 Å². The number of nitrogens with zero attached hydrogens (tertiary/aromatic N) is 3. The number of hydrogen-bond acceptors (Lipinski definition) is 8. The van der Waals surface area contributed by atoms with Crippen LogP contribution in [-0.2, 0) is 15.3 Å². The lowest BCUT2D eigenvalue weighted by molar-refractivity contribution is -0.132. The van der Waals surface area contributed by atoms with Gasteiger partial charge in [0.05, 0.1) is 18.2 Å². The van der Waals surface area contributed by atoms with E-state index in [2.05, 4.69) is 34.5 Å². The highest BCUT2D eigenvalue weighted by Crippen LogP contribution is 2.44. The summed E-state index contributed by atoms with van der Waals surface area (Å²) < 4.78 is 6.28. The van der Waals surface area contributed by atoms with E-state index in [1.165, 1.54) is 44.3 Å². The first kappa shape index (κ1) is 28.6. The number of Topliss-reactive ketones (excluding diaryl/α,β-unsaturated/α-hetero) is 1. The predicted molar refractivity (Wildman–Crippen MR) is 172 cm³/mol. The maximum atomic E-state index is 13.6. The fourth-order valence-corrected chi connectivity index (χ4v) is 7.18. The number of fused-ring (bicyclic) bond motifs is 1. The van der Waals surface area contributed by atoms with Gasteiger partial charge in [0.25, 0.3) is 5.78 Å². The SMILES string of the molecule is CCOc1ccc(C2/C(=C(\O)c3cc(C)ccc3C)C(=O)C(=O)N2c2nnc(SCc3cccc4ccccc34)s2)cc1. The van der Waals surface area contributed by atoms with Crippen LogP contribution in [0.5, 0.6) is 5.75 Å². The number of aryl methyl sites for hydroxylation is 2. The van der Waals surface area contributed by atoms with Crippen LogP contribution in [0.25, 0.3) is 16.5 Å². The highest BCUT2D eigenvalue weighted by molar-refractivity contribution is 8.00. The summed E-state index contributed by atoms with van der Waals surface area (Å²) in [7, 11) is 0. The molecule has 0 radical (unpaired) electrons. The number of carbonyl (C=O) groups is 2. The molecule has 5 aromatic rings. The molecule has 0 bridgehead atoms. The number of aromatic nitrogens is 2. The molecule has 6 rings (SSSR count). The van der Waals surface area contributed by atoms with Crippen LogP contribution in [0.3, 0.4) is 0 Å². The van der Waals surface area contributed by atoms with E-state index in [1.807, 2.05) is 69.3 Å². The summed E-state index contributed by atoms with van der Waals surface area (Å²) in [5, 5.41) is 22.9. The molecular formula is C34H29N3O4S2. The van der Waals surface area contributed by atoms with Crippen LogP contribution in [0.1, 0.15) is 40.8 Å². The van der Waals surface area contributed by atoms with Crippen molar-refractivity contribution in [2.75, 3.05) is 11.5 Å². The second-order valence-electron chi connectivity index (χ2n) is 10.3. The van der Waals surface area contributed by atoms with Crippen molar-refractivity contribution in [3.05, 3.63) is 118 Å². The van der Waals surface area contributed by atoms with Gasteiger partial charge in [-0.25, -0.2) is 0 Å². The van der Waals surface area contributed by atoms with Gasteiger partial charge in [-0.3, -0.25) is 14.5 Å². The Morgan fingerprint density at radius 2 is 1.74 bits per heavy atom. The first-order valence-electron chi connectivity index (χ1n) is 13.9. The standard InChI is InChI=1S/C34H29N3O4S2/c1-4-41-25-16-14-23(15-17-25)29-28(30(38)27-18-20(2)12-13-21(27)3)31(39)32(40)37(29)33-35-36-34(43-33)42-19-24-10-7-9-22-8-5-6-11-26(22)24/h5-18,29,38H,4,19H2,1-3H3/b30-28+. The number of aliphatic hydroxyl groups excluding tert-OH is 1. The molecule has 2 heterocycles. The summed E-state index contributed by atoms with van der Waals surface area (Å²) in [5.74, 6) is -0.397. The summed E-state index contributed by atoms with van der Waals surface area (Å²) in [6, 6.07) is 26.4. The Morgan fingerprint density at radius 1 is 0.977 bits per heavy atom. The largest absolute Gasteiger partial charge is 0.507 e. The molecule has 216 valence electrons. The van der Waals surface area contributed by atoms with E-state index in [1.54, 1.807) is 12.1 Å². The van der Waals surface area contributed by atoms with Gasteiger partial charge in [-0.2, -0.15) is 0 Å². The molecule has 7 nitrogen and oxygen atoms in total. The molecule has 1 aromatic heterocycles. The Morgan fingerprint density at radius 3 is 2.53 bits per heavy atom. The number of ether oxygens (including phenoxy) is 1. The Labute approximate surface area is 257 Å². The molecule has 43 heavy (non-hydrogen) atoms. The number of carbonyl (C=O) groups excluding carboxylic acids is 2. The van der Waals surface area contributed by atoms with Gasteiger partial charge in [-0.1, -0.05) is 95.4 Å². The number of ketones is 1. The zero-order valence-electron chi connectivity index (χ0n) is 23.9. The number of hydrogen-bond donors (Lipinski definition) is 1. The third-order valence-corrected chi connectivity index (χ3v) is 9.54. The molecule has 1 aliphatic rings. The van der Waals surface area contributed by atoms with Crippen LogP contribution in [0.4, 0.5) is 5.13 Å². The van der Waals surface area contributed by atoms with Crippen molar-refractivity contribution < 1.29 is 19.4 Å². The molecule has 1 unspecified atom stereocenters. The summed E-state index contributed by atoms with van der Waals surface area (Å²) in [5.41, 5.74) is 4.07. The van der Waals surface area contributed by atoms with Crippen LogP contribution >= 0.6 is 23.1 Å². The minimum absolute atomic E-state index is 0.0167. The molecule has 0 saturated carbocycles. The Balaban J connectivity index is 1.38. The van der Waals surface area contributed by atoms with Crippen LogP contribution < -0.4 is 9.64 Å². The Hall–Kier alpha value is -4.47. The fraction of sp³-hybridized carbons (Fsp3) is 0.176. The third-order valence-electron chi connectivity index (χ3n) is 7.43. The Kier molecular flexibility index (Phi) is 8.01. The van der Waals surface area contributed by atoms with Crippen LogP contribution in [0.15, 0.2) is 94.8 Å². The van der Waals surface area contributed by atoms with E-state index in [9.17, 15) is 14.7 Å². The van der Waals surface area contributed by atoms with Crippen LogP contribution in [0, 0.1) is 13.8 Å². The van der Waals surface area contributed by atoms with Gasteiger partial charge < -0.3 is 9.84 Å². The van der Waals surface area contributed by atoms with Crippen molar-refractivity contribution in [3.8, 4) is 5.75 Å². The Bertz CT molecular complexity index is 1880. The van der Waals surface area contributed by atoms with Crippen molar-refractivity contribution in [1.82, 2.24) is 10.2 Å². The zero-order chi connectivity index (χ0) is 30.1. The lowest BCUT2D eigenvalue weighted by Gasteiger charge is -2.23. The quantitative estimate of drug-likeness (QED) is 0.0638. The number of amides is 1. The molecule has 9 heteroatoms. The van der Waals surface area contributed by atoms with Crippen LogP contribution in [-0.4, -0.2) is 33.6 Å². The van der Waals surface area contributed by atoms with E-state index >= 15 is 0 Å². The average Bonchev–Trinajstić information content (AvgIpc) is 3.59. The van der Waals surface area contributed by atoms with E-state index in [0.717, 1.165) is 11.1 Å². The monoisotopic (exact) mass is 607 g/mol. The number of thioether (sulfide) groups is 1. The summed E-state index contributed by atoms with van der Waals surface area (Å²) in [4.78, 5) is 28.6. The molecule has 1 saturated heterocycles. The molecule has 4 aromatic carbocycles. The van der Waals surface area contributed by atoms with E-state index in [-0.39, 0.29) is 11.3 Å². The normalized spacial score (nSPS) is 16.3. The maximum Gasteiger partial charge on any atom is 0.301 e. The van der Waals surface area contributed by atoms with Gasteiger partial charge in [0.1, 0.15) is 11.5 Å². The van der Waals surface area contributed by atoms with Gasteiger partial charge in [-0.05, 0) is 66.4 Å². The second-order valence-corrected chi connectivity index (χ2v) is 12.4. The first-order valence-corrected chi connectivity index (χ1v) is 15.7. The van der Waals surface area contributed by atoms with E-state index < -0.39 is 17.7 Å². The summed E-state index contributed by atoms with van der Waals surface area (Å²) in [6.07, 6.45) is 0. The molecule has 1 atom stereocenters. The minimum Gasteiger partial charge on any atom is -0.507 e. The van der Waals surface area contributed by atoms with Crippen molar-refractivity contribution in [3.63, 3.8) is 0 Å². The zero-order valence-corrected chi connectivity index (χ0v) is 25.5.